The zero-order chi connectivity index (χ0) is 41.5. The summed E-state index contributed by atoms with van der Waals surface area (Å²) in [7, 11) is 0. The second-order valence-electron chi connectivity index (χ2n) is 18.8. The second-order valence-corrected chi connectivity index (χ2v) is 18.8. The molecule has 1 heteroatoms. The lowest BCUT2D eigenvalue weighted by molar-refractivity contribution is -0.0399. The molecule has 4 bridgehead atoms. The van der Waals surface area contributed by atoms with Gasteiger partial charge < -0.3 is 4.90 Å². The van der Waals surface area contributed by atoms with Crippen LogP contribution in [0.3, 0.4) is 0 Å². The summed E-state index contributed by atoms with van der Waals surface area (Å²) >= 11 is 0. The largest absolute Gasteiger partial charge is 0.310 e. The van der Waals surface area contributed by atoms with E-state index in [-0.39, 0.29) is 5.41 Å². The molecule has 5 aliphatic rings. The molecule has 0 N–H and O–H groups in total. The van der Waals surface area contributed by atoms with E-state index in [0.717, 1.165) is 17.5 Å². The van der Waals surface area contributed by atoms with Crippen molar-refractivity contribution >= 4 is 27.8 Å². The van der Waals surface area contributed by atoms with Crippen LogP contribution in [0.15, 0.2) is 212 Å². The van der Waals surface area contributed by atoms with Crippen molar-refractivity contribution in [3.63, 3.8) is 0 Å². The van der Waals surface area contributed by atoms with E-state index in [9.17, 15) is 0 Å². The molecule has 4 saturated carbocycles. The van der Waals surface area contributed by atoms with Crippen molar-refractivity contribution in [2.24, 2.45) is 23.7 Å². The molecule has 63 heavy (non-hydrogen) atoms. The van der Waals surface area contributed by atoms with E-state index in [1.807, 2.05) is 0 Å². The highest BCUT2D eigenvalue weighted by molar-refractivity contribution is 6.00. The molecule has 0 amide bonds. The average molecular weight is 808 g/mol. The fourth-order valence-corrected chi connectivity index (χ4v) is 13.4. The zero-order valence-electron chi connectivity index (χ0n) is 35.5. The number of benzene rings is 9. The molecule has 0 heterocycles. The number of fused-ring (bicyclic) bond motifs is 4. The number of hydrogen-bond acceptors (Lipinski definition) is 1. The molecule has 9 aromatic carbocycles. The first kappa shape index (κ1) is 36.7. The average Bonchev–Trinajstić information content (AvgIpc) is 3.63. The molecule has 0 unspecified atom stereocenters. The van der Waals surface area contributed by atoms with E-state index in [1.165, 1.54) is 110 Å². The van der Waals surface area contributed by atoms with E-state index in [4.69, 9.17) is 0 Å². The third kappa shape index (κ3) is 5.68. The lowest BCUT2D eigenvalue weighted by atomic mass is 9.43. The predicted octanol–water partition coefficient (Wildman–Crippen LogP) is 16.7. The van der Waals surface area contributed by atoms with Crippen LogP contribution < -0.4 is 4.90 Å². The molecular weight excluding hydrogens is 759 g/mol. The molecule has 1 nitrogen and oxygen atoms in total. The molecule has 1 spiro atoms. The summed E-state index contributed by atoms with van der Waals surface area (Å²) < 4.78 is 0. The van der Waals surface area contributed by atoms with Gasteiger partial charge in [0, 0.05) is 22.4 Å². The van der Waals surface area contributed by atoms with Crippen LogP contribution in [0.1, 0.15) is 43.2 Å². The van der Waals surface area contributed by atoms with Crippen LogP contribution in [0.4, 0.5) is 17.1 Å². The van der Waals surface area contributed by atoms with Crippen LogP contribution in [-0.4, -0.2) is 0 Å². The molecule has 14 rings (SSSR count). The van der Waals surface area contributed by atoms with Crippen LogP contribution in [0.2, 0.25) is 0 Å². The van der Waals surface area contributed by atoms with Crippen LogP contribution in [-0.2, 0) is 5.41 Å². The molecule has 4 fully saturated rings. The summed E-state index contributed by atoms with van der Waals surface area (Å²) in [4.78, 5) is 2.58. The van der Waals surface area contributed by atoms with Crippen molar-refractivity contribution in [3.8, 4) is 55.6 Å². The van der Waals surface area contributed by atoms with Crippen LogP contribution in [0.5, 0.6) is 0 Å². The predicted molar refractivity (Wildman–Crippen MR) is 264 cm³/mol. The monoisotopic (exact) mass is 807 g/mol. The van der Waals surface area contributed by atoms with Crippen LogP contribution >= 0.6 is 0 Å². The Labute approximate surface area is 371 Å². The first-order valence-corrected chi connectivity index (χ1v) is 23.2. The first-order chi connectivity index (χ1) is 31.2. The van der Waals surface area contributed by atoms with Gasteiger partial charge in [-0.05, 0) is 158 Å². The molecule has 0 saturated heterocycles. The minimum Gasteiger partial charge on any atom is -0.310 e. The van der Waals surface area contributed by atoms with Gasteiger partial charge in [0.1, 0.15) is 0 Å². The molecule has 0 aliphatic heterocycles. The standard InChI is InChI=1S/C62H49N/c1-2-16-43(17-3-1)51-23-6-7-24-53(51)54-25-8-9-26-55(54)58-28-11-13-31-61(58)63(48-21-14-20-45(39-48)52-29-15-19-44-18-4-5-22-50(44)52)49-32-33-57-56-27-10-12-30-59(56)62(60(57)40-49)46-35-41-34-42(37-46)38-47(62)36-41/h1-33,39-42,46-47H,34-38H2. The Kier molecular flexibility index (Phi) is 8.48. The summed E-state index contributed by atoms with van der Waals surface area (Å²) in [5.41, 5.74) is 19.5. The molecular formula is C62H49N. The topological polar surface area (TPSA) is 3.24 Å². The third-order valence-corrected chi connectivity index (χ3v) is 15.7. The summed E-state index contributed by atoms with van der Waals surface area (Å²) in [5.74, 6) is 3.17. The van der Waals surface area contributed by atoms with Gasteiger partial charge in [-0.25, -0.2) is 0 Å². The van der Waals surface area contributed by atoms with Gasteiger partial charge in [0.05, 0.1) is 5.69 Å². The summed E-state index contributed by atoms with van der Waals surface area (Å²) in [6, 6.07) is 79.7. The van der Waals surface area contributed by atoms with Gasteiger partial charge in [-0.15, -0.1) is 0 Å². The SMILES string of the molecule is c1ccc(-c2ccccc2-c2ccccc2-c2ccccc2N(c2cccc(-c3cccc4ccccc34)c2)c2ccc3c(c2)C2(c4ccccc4-3)C3CC4CC(C3)CC2C4)cc1. The number of rotatable bonds is 7. The Hall–Kier alpha value is -6.96. The van der Waals surface area contributed by atoms with E-state index >= 15 is 0 Å². The number of hydrogen-bond donors (Lipinski definition) is 0. The quantitative estimate of drug-likeness (QED) is 0.155. The van der Waals surface area contributed by atoms with Gasteiger partial charge in [-0.3, -0.25) is 0 Å². The van der Waals surface area contributed by atoms with Gasteiger partial charge in [0.2, 0.25) is 0 Å². The van der Waals surface area contributed by atoms with Gasteiger partial charge in [-0.1, -0.05) is 182 Å². The molecule has 0 aromatic heterocycles. The maximum absolute atomic E-state index is 2.65. The van der Waals surface area contributed by atoms with Gasteiger partial charge >= 0.3 is 0 Å². The van der Waals surface area contributed by atoms with Gasteiger partial charge in [0.25, 0.3) is 0 Å². The van der Waals surface area contributed by atoms with Crippen molar-refractivity contribution in [1.82, 2.24) is 0 Å². The fraction of sp³-hybridized carbons (Fsp3) is 0.161. The Morgan fingerprint density at radius 2 is 0.857 bits per heavy atom. The molecule has 302 valence electrons. The van der Waals surface area contributed by atoms with E-state index < -0.39 is 0 Å². The summed E-state index contributed by atoms with van der Waals surface area (Å²) in [6.45, 7) is 0. The Morgan fingerprint density at radius 3 is 1.63 bits per heavy atom. The van der Waals surface area contributed by atoms with Crippen molar-refractivity contribution in [3.05, 3.63) is 223 Å². The number of para-hydroxylation sites is 1. The first-order valence-electron chi connectivity index (χ1n) is 23.2. The van der Waals surface area contributed by atoms with E-state index in [2.05, 4.69) is 217 Å². The molecule has 0 radical (unpaired) electrons. The van der Waals surface area contributed by atoms with E-state index in [1.54, 1.807) is 11.1 Å². The highest BCUT2D eigenvalue weighted by atomic mass is 15.1. The summed E-state index contributed by atoms with van der Waals surface area (Å²) in [6.07, 6.45) is 6.92. The highest BCUT2D eigenvalue weighted by Crippen LogP contribution is 2.69. The van der Waals surface area contributed by atoms with Crippen molar-refractivity contribution < 1.29 is 0 Å². The highest BCUT2D eigenvalue weighted by Gasteiger charge is 2.61. The second kappa shape index (κ2) is 14.6. The smallest absolute Gasteiger partial charge is 0.0540 e. The normalized spacial score (nSPS) is 21.4. The van der Waals surface area contributed by atoms with Crippen molar-refractivity contribution in [2.45, 2.75) is 37.5 Å². The fourth-order valence-electron chi connectivity index (χ4n) is 13.4. The molecule has 0 atom stereocenters. The minimum atomic E-state index is 0.0685. The molecule has 5 aliphatic carbocycles. The van der Waals surface area contributed by atoms with Crippen molar-refractivity contribution in [1.29, 1.82) is 0 Å². The zero-order valence-corrected chi connectivity index (χ0v) is 35.5. The number of nitrogens with zero attached hydrogens (tertiary/aromatic N) is 1. The Morgan fingerprint density at radius 1 is 0.333 bits per heavy atom. The van der Waals surface area contributed by atoms with Crippen LogP contribution in [0.25, 0.3) is 66.4 Å². The third-order valence-electron chi connectivity index (χ3n) is 15.7. The van der Waals surface area contributed by atoms with Gasteiger partial charge in [0.15, 0.2) is 0 Å². The van der Waals surface area contributed by atoms with E-state index in [0.29, 0.717) is 11.8 Å². The van der Waals surface area contributed by atoms with Gasteiger partial charge in [-0.2, -0.15) is 0 Å². The maximum Gasteiger partial charge on any atom is 0.0540 e. The van der Waals surface area contributed by atoms with Crippen molar-refractivity contribution in [2.75, 3.05) is 4.90 Å². The molecule has 9 aromatic rings. The lowest BCUT2D eigenvalue weighted by Crippen LogP contribution is -2.55. The minimum absolute atomic E-state index is 0.0685. The van der Waals surface area contributed by atoms with Crippen LogP contribution in [0, 0.1) is 23.7 Å². The Bertz CT molecular complexity index is 3180. The summed E-state index contributed by atoms with van der Waals surface area (Å²) in [5, 5.41) is 2.53. The number of anilines is 3. The maximum atomic E-state index is 2.65. The Balaban J connectivity index is 1.04. The lowest BCUT2D eigenvalue weighted by Gasteiger charge is -2.61.